The van der Waals surface area contributed by atoms with Crippen LogP contribution in [0.4, 0.5) is 5.69 Å². The molecule has 4 rings (SSSR count). The highest BCUT2D eigenvalue weighted by Gasteiger charge is 2.10. The quantitative estimate of drug-likeness (QED) is 0.405. The van der Waals surface area contributed by atoms with Gasteiger partial charge in [-0.15, -0.1) is 0 Å². The molecule has 0 aliphatic carbocycles. The first-order chi connectivity index (χ1) is 13.9. The second-order valence-electron chi connectivity index (χ2n) is 7.52. The molecule has 5 heteroatoms. The lowest BCUT2D eigenvalue weighted by Crippen LogP contribution is -2.11. The number of aryl methyl sites for hydroxylation is 1. The molecular weight excluding hydrogens is 382 g/mol. The van der Waals surface area contributed by atoms with Crippen LogP contribution in [0.1, 0.15) is 41.3 Å². The van der Waals surface area contributed by atoms with Gasteiger partial charge in [-0.2, -0.15) is 0 Å². The Labute approximate surface area is 174 Å². The van der Waals surface area contributed by atoms with Crippen molar-refractivity contribution in [2.45, 2.75) is 26.7 Å². The standard InChI is InChI=1S/C24H22ClN3O/c1-14(2)16-7-9-17(10-8-16)24(29)26-19-6-4-5-18(12-19)23-27-21-11-15(3)20(25)13-22(21)28-23/h4-14H,1-3H3,(H,26,29)(H,27,28). The molecule has 4 nitrogen and oxygen atoms in total. The zero-order valence-electron chi connectivity index (χ0n) is 16.6. The van der Waals surface area contributed by atoms with E-state index >= 15 is 0 Å². The van der Waals surface area contributed by atoms with Crippen molar-refractivity contribution in [2.24, 2.45) is 0 Å². The van der Waals surface area contributed by atoms with Crippen LogP contribution in [0.5, 0.6) is 0 Å². The number of anilines is 1. The van der Waals surface area contributed by atoms with Gasteiger partial charge < -0.3 is 10.3 Å². The topological polar surface area (TPSA) is 57.8 Å². The van der Waals surface area contributed by atoms with Crippen LogP contribution in [0.2, 0.25) is 5.02 Å². The van der Waals surface area contributed by atoms with Gasteiger partial charge >= 0.3 is 0 Å². The van der Waals surface area contributed by atoms with Crippen molar-refractivity contribution in [3.8, 4) is 11.4 Å². The minimum Gasteiger partial charge on any atom is -0.338 e. The lowest BCUT2D eigenvalue weighted by Gasteiger charge is -2.09. The average Bonchev–Trinajstić information content (AvgIpc) is 3.11. The smallest absolute Gasteiger partial charge is 0.255 e. The molecule has 4 aromatic rings. The minimum absolute atomic E-state index is 0.135. The van der Waals surface area contributed by atoms with Gasteiger partial charge in [0.15, 0.2) is 0 Å². The number of aromatic nitrogens is 2. The Kier molecular flexibility index (Phi) is 5.12. The van der Waals surface area contributed by atoms with Crippen LogP contribution < -0.4 is 5.32 Å². The van der Waals surface area contributed by atoms with E-state index in [2.05, 4.69) is 29.1 Å². The number of nitrogens with one attached hydrogen (secondary N) is 2. The first-order valence-corrected chi connectivity index (χ1v) is 9.96. The summed E-state index contributed by atoms with van der Waals surface area (Å²) in [6, 6.07) is 19.2. The molecule has 0 saturated carbocycles. The third-order valence-corrected chi connectivity index (χ3v) is 5.40. The molecule has 0 spiro atoms. The van der Waals surface area contributed by atoms with Crippen molar-refractivity contribution in [1.29, 1.82) is 0 Å². The normalized spacial score (nSPS) is 11.2. The third-order valence-electron chi connectivity index (χ3n) is 5.00. The number of aromatic amines is 1. The predicted molar refractivity (Wildman–Crippen MR) is 120 cm³/mol. The fraction of sp³-hybridized carbons (Fsp3) is 0.167. The van der Waals surface area contributed by atoms with Crippen molar-refractivity contribution >= 4 is 34.2 Å². The number of carbonyl (C=O) groups excluding carboxylic acids is 1. The first kappa shape index (κ1) is 19.2. The van der Waals surface area contributed by atoms with E-state index in [1.807, 2.05) is 67.6 Å². The van der Waals surface area contributed by atoms with E-state index in [0.717, 1.165) is 33.7 Å². The Morgan fingerprint density at radius 1 is 1.07 bits per heavy atom. The lowest BCUT2D eigenvalue weighted by atomic mass is 10.0. The SMILES string of the molecule is Cc1cc2[nH]c(-c3cccc(NC(=O)c4ccc(C(C)C)cc4)c3)nc2cc1Cl. The first-order valence-electron chi connectivity index (χ1n) is 9.58. The molecule has 0 aliphatic rings. The highest BCUT2D eigenvalue weighted by molar-refractivity contribution is 6.32. The molecule has 1 heterocycles. The molecule has 0 unspecified atom stereocenters. The molecule has 0 radical (unpaired) electrons. The average molecular weight is 404 g/mol. The van der Waals surface area contributed by atoms with Crippen LogP contribution in [0.3, 0.4) is 0 Å². The van der Waals surface area contributed by atoms with Crippen LogP contribution in [-0.4, -0.2) is 15.9 Å². The van der Waals surface area contributed by atoms with Gasteiger partial charge in [-0.1, -0.05) is 49.7 Å². The number of nitrogens with zero attached hydrogens (tertiary/aromatic N) is 1. The zero-order chi connectivity index (χ0) is 20.5. The monoisotopic (exact) mass is 403 g/mol. The van der Waals surface area contributed by atoms with E-state index in [4.69, 9.17) is 11.6 Å². The zero-order valence-corrected chi connectivity index (χ0v) is 17.3. The summed E-state index contributed by atoms with van der Waals surface area (Å²) in [7, 11) is 0. The number of imidazole rings is 1. The summed E-state index contributed by atoms with van der Waals surface area (Å²) < 4.78 is 0. The molecule has 146 valence electrons. The number of halogens is 1. The third kappa shape index (κ3) is 4.03. The van der Waals surface area contributed by atoms with E-state index in [0.29, 0.717) is 16.5 Å². The molecule has 0 fully saturated rings. The molecule has 0 aliphatic heterocycles. The second-order valence-corrected chi connectivity index (χ2v) is 7.92. The molecule has 29 heavy (non-hydrogen) atoms. The largest absolute Gasteiger partial charge is 0.338 e. The molecule has 2 N–H and O–H groups in total. The summed E-state index contributed by atoms with van der Waals surface area (Å²) in [4.78, 5) is 20.6. The van der Waals surface area contributed by atoms with Crippen LogP contribution >= 0.6 is 11.6 Å². The molecule has 1 aromatic heterocycles. The Bertz CT molecular complexity index is 1150. The molecule has 0 bridgehead atoms. The number of benzene rings is 3. The van der Waals surface area contributed by atoms with Gasteiger partial charge in [-0.25, -0.2) is 4.98 Å². The van der Waals surface area contributed by atoms with Crippen LogP contribution in [0.25, 0.3) is 22.4 Å². The summed E-state index contributed by atoms with van der Waals surface area (Å²) >= 11 is 6.21. The van der Waals surface area contributed by atoms with Crippen molar-refractivity contribution in [2.75, 3.05) is 5.32 Å². The Morgan fingerprint density at radius 3 is 2.55 bits per heavy atom. The lowest BCUT2D eigenvalue weighted by molar-refractivity contribution is 0.102. The van der Waals surface area contributed by atoms with Gasteiger partial charge in [0.05, 0.1) is 11.0 Å². The van der Waals surface area contributed by atoms with E-state index < -0.39 is 0 Å². The molecular formula is C24H22ClN3O. The summed E-state index contributed by atoms with van der Waals surface area (Å²) in [5.41, 5.74) is 6.20. The summed E-state index contributed by atoms with van der Waals surface area (Å²) in [6.07, 6.45) is 0. The van der Waals surface area contributed by atoms with Crippen LogP contribution in [-0.2, 0) is 0 Å². The van der Waals surface area contributed by atoms with E-state index in [9.17, 15) is 4.79 Å². The maximum atomic E-state index is 12.6. The summed E-state index contributed by atoms with van der Waals surface area (Å²) in [5, 5.41) is 3.66. The molecule has 1 amide bonds. The molecule has 0 saturated heterocycles. The summed E-state index contributed by atoms with van der Waals surface area (Å²) in [5.74, 6) is 1.04. The van der Waals surface area contributed by atoms with E-state index in [1.165, 1.54) is 5.56 Å². The Hall–Kier alpha value is -3.11. The Morgan fingerprint density at radius 2 is 1.83 bits per heavy atom. The maximum Gasteiger partial charge on any atom is 0.255 e. The number of fused-ring (bicyclic) bond motifs is 1. The fourth-order valence-electron chi connectivity index (χ4n) is 3.24. The van der Waals surface area contributed by atoms with Gasteiger partial charge in [0, 0.05) is 21.8 Å². The minimum atomic E-state index is -0.135. The van der Waals surface area contributed by atoms with E-state index in [-0.39, 0.29) is 5.91 Å². The van der Waals surface area contributed by atoms with Crippen molar-refractivity contribution in [1.82, 2.24) is 9.97 Å². The van der Waals surface area contributed by atoms with Crippen molar-refractivity contribution < 1.29 is 4.79 Å². The van der Waals surface area contributed by atoms with Crippen LogP contribution in [0, 0.1) is 6.92 Å². The van der Waals surface area contributed by atoms with Gasteiger partial charge in [0.1, 0.15) is 5.82 Å². The number of hydrogen-bond acceptors (Lipinski definition) is 2. The highest BCUT2D eigenvalue weighted by atomic mass is 35.5. The Balaban J connectivity index is 1.58. The van der Waals surface area contributed by atoms with Gasteiger partial charge in [0.2, 0.25) is 0 Å². The van der Waals surface area contributed by atoms with Crippen molar-refractivity contribution in [3.05, 3.63) is 82.4 Å². The van der Waals surface area contributed by atoms with Crippen LogP contribution in [0.15, 0.2) is 60.7 Å². The highest BCUT2D eigenvalue weighted by Crippen LogP contribution is 2.27. The van der Waals surface area contributed by atoms with Crippen molar-refractivity contribution in [3.63, 3.8) is 0 Å². The number of hydrogen-bond donors (Lipinski definition) is 2. The number of rotatable bonds is 4. The number of carbonyl (C=O) groups is 1. The van der Waals surface area contributed by atoms with Gasteiger partial charge in [-0.05, 0) is 60.4 Å². The fourth-order valence-corrected chi connectivity index (χ4v) is 3.40. The van der Waals surface area contributed by atoms with E-state index in [1.54, 1.807) is 0 Å². The predicted octanol–water partition coefficient (Wildman–Crippen LogP) is 6.57. The second kappa shape index (κ2) is 7.72. The number of H-pyrrole nitrogens is 1. The maximum absolute atomic E-state index is 12.6. The van der Waals surface area contributed by atoms with Gasteiger partial charge in [0.25, 0.3) is 5.91 Å². The molecule has 0 atom stereocenters. The molecule has 3 aromatic carbocycles. The van der Waals surface area contributed by atoms with Gasteiger partial charge in [-0.3, -0.25) is 4.79 Å². The number of amides is 1. The summed E-state index contributed by atoms with van der Waals surface area (Å²) in [6.45, 7) is 6.23.